The summed E-state index contributed by atoms with van der Waals surface area (Å²) in [4.78, 5) is 42.0. The average molecular weight is 743 g/mol. The smallest absolute Gasteiger partial charge is 0.323 e. The van der Waals surface area contributed by atoms with Crippen LogP contribution in [0.5, 0.6) is 0 Å². The highest BCUT2D eigenvalue weighted by Crippen LogP contribution is 2.67. The summed E-state index contributed by atoms with van der Waals surface area (Å²) in [6, 6.07) is -0.793. The molecule has 0 saturated heterocycles. The number of hydrogen-bond acceptors (Lipinski definition) is 8. The van der Waals surface area contributed by atoms with Crippen LogP contribution in [0.3, 0.4) is 0 Å². The number of hydrogen-bond donors (Lipinski definition) is 1. The Morgan fingerprint density at radius 2 is 1.47 bits per heavy atom. The molecule has 3 fully saturated rings. The second-order valence-electron chi connectivity index (χ2n) is 20.5. The zero-order valence-electron chi connectivity index (χ0n) is 35.7. The predicted octanol–water partition coefficient (Wildman–Crippen LogP) is 9.42. The molecular formula is C45H78N2O6. The molecule has 4 aliphatic rings. The number of nitrogens with two attached hydrogens (primary N) is 1. The van der Waals surface area contributed by atoms with Crippen LogP contribution in [-0.2, 0) is 28.6 Å². The van der Waals surface area contributed by atoms with E-state index in [1.165, 1.54) is 50.5 Å². The van der Waals surface area contributed by atoms with Crippen LogP contribution in [0.1, 0.15) is 166 Å². The molecular weight excluding hydrogens is 665 g/mol. The second-order valence-corrected chi connectivity index (χ2v) is 20.5. The van der Waals surface area contributed by atoms with Gasteiger partial charge in [-0.1, -0.05) is 72.0 Å². The normalized spacial score (nSPS) is 31.2. The van der Waals surface area contributed by atoms with Crippen molar-refractivity contribution in [2.24, 2.45) is 52.1 Å². The Kier molecular flexibility index (Phi) is 14.8. The van der Waals surface area contributed by atoms with Crippen molar-refractivity contribution in [3.8, 4) is 0 Å². The third-order valence-corrected chi connectivity index (χ3v) is 13.7. The molecule has 4 rings (SSSR count). The summed E-state index contributed by atoms with van der Waals surface area (Å²) < 4.78 is 17.6. The van der Waals surface area contributed by atoms with E-state index in [4.69, 9.17) is 19.9 Å². The Balaban J connectivity index is 1.47. The van der Waals surface area contributed by atoms with Gasteiger partial charge in [-0.3, -0.25) is 19.3 Å². The number of rotatable bonds is 16. The first-order valence-corrected chi connectivity index (χ1v) is 21.4. The van der Waals surface area contributed by atoms with E-state index < -0.39 is 29.2 Å². The molecule has 2 N–H and O–H groups in total. The van der Waals surface area contributed by atoms with Gasteiger partial charge < -0.3 is 19.9 Å². The van der Waals surface area contributed by atoms with Crippen molar-refractivity contribution < 1.29 is 28.6 Å². The number of carbonyl (C=O) groups is 3. The molecule has 0 aromatic carbocycles. The lowest BCUT2D eigenvalue weighted by atomic mass is 9.47. The molecule has 8 heteroatoms. The number of unbranched alkanes of at least 4 members (excludes halogenated alkanes) is 1. The fraction of sp³-hybridized carbons (Fsp3) is 0.889. The molecule has 0 aromatic heterocycles. The van der Waals surface area contributed by atoms with Crippen LogP contribution in [0.15, 0.2) is 11.6 Å². The van der Waals surface area contributed by atoms with Crippen molar-refractivity contribution in [3.05, 3.63) is 11.6 Å². The Labute approximate surface area is 323 Å². The van der Waals surface area contributed by atoms with E-state index in [1.54, 1.807) is 4.90 Å². The van der Waals surface area contributed by atoms with Gasteiger partial charge in [-0.15, -0.1) is 0 Å². The van der Waals surface area contributed by atoms with Gasteiger partial charge in [0.1, 0.15) is 23.3 Å². The standard InChI is InChI=1S/C45H78N2O6/c1-30(2)15-14-16-31(3)35-20-21-36-34-19-18-32-27-33(22-24-44(32,10)37(34)23-25-45(35,36)11)51-41(50)38(17-12-13-26-46)47(28-39(48)52-42(4,5)6)29-40(49)53-43(7,8)9/h18,30-31,33-38H,12-17,19-29,46H2,1-11H3/t31-,33+,34?,35-,36?,37?,38+,44+,45-/m1/s1. The number of esters is 3. The molecule has 304 valence electrons. The average Bonchev–Trinajstić information content (AvgIpc) is 3.38. The van der Waals surface area contributed by atoms with Gasteiger partial charge in [0.15, 0.2) is 0 Å². The Bertz CT molecular complexity index is 1250. The fourth-order valence-corrected chi connectivity index (χ4v) is 11.3. The zero-order chi connectivity index (χ0) is 39.4. The van der Waals surface area contributed by atoms with Crippen molar-refractivity contribution in [2.75, 3.05) is 19.6 Å². The maximum atomic E-state index is 14.2. The lowest BCUT2D eigenvalue weighted by Gasteiger charge is -2.58. The van der Waals surface area contributed by atoms with E-state index in [-0.39, 0.29) is 30.6 Å². The number of allylic oxidation sites excluding steroid dienone is 1. The largest absolute Gasteiger partial charge is 0.461 e. The molecule has 0 aliphatic heterocycles. The van der Waals surface area contributed by atoms with Gasteiger partial charge in [0.2, 0.25) is 0 Å². The minimum absolute atomic E-state index is 0.147. The van der Waals surface area contributed by atoms with Crippen LogP contribution in [0, 0.1) is 46.3 Å². The van der Waals surface area contributed by atoms with Gasteiger partial charge in [0.25, 0.3) is 0 Å². The van der Waals surface area contributed by atoms with Crippen LogP contribution < -0.4 is 5.73 Å². The van der Waals surface area contributed by atoms with E-state index >= 15 is 0 Å². The van der Waals surface area contributed by atoms with Gasteiger partial charge in [-0.25, -0.2) is 0 Å². The lowest BCUT2D eigenvalue weighted by molar-refractivity contribution is -0.166. The maximum Gasteiger partial charge on any atom is 0.323 e. The highest BCUT2D eigenvalue weighted by Gasteiger charge is 2.59. The number of nitrogens with zero attached hydrogens (tertiary/aromatic N) is 1. The van der Waals surface area contributed by atoms with Gasteiger partial charge in [-0.2, -0.15) is 0 Å². The van der Waals surface area contributed by atoms with Crippen LogP contribution in [0.4, 0.5) is 0 Å². The third kappa shape index (κ3) is 11.3. The zero-order valence-corrected chi connectivity index (χ0v) is 35.7. The molecule has 0 aromatic rings. The first-order valence-electron chi connectivity index (χ1n) is 21.4. The van der Waals surface area contributed by atoms with Gasteiger partial charge in [-0.05, 0) is 152 Å². The molecule has 53 heavy (non-hydrogen) atoms. The van der Waals surface area contributed by atoms with Crippen molar-refractivity contribution in [2.45, 2.75) is 189 Å². The van der Waals surface area contributed by atoms with Crippen molar-refractivity contribution in [3.63, 3.8) is 0 Å². The first kappa shape index (κ1) is 43.8. The summed E-state index contributed by atoms with van der Waals surface area (Å²) in [6.45, 7) is 23.3. The maximum absolute atomic E-state index is 14.2. The molecule has 0 amide bonds. The number of carbonyl (C=O) groups excluding carboxylic acids is 3. The first-order chi connectivity index (χ1) is 24.7. The summed E-state index contributed by atoms with van der Waals surface area (Å²) >= 11 is 0. The predicted molar refractivity (Wildman–Crippen MR) is 213 cm³/mol. The number of ether oxygens (including phenoxy) is 3. The van der Waals surface area contributed by atoms with E-state index in [9.17, 15) is 14.4 Å². The van der Waals surface area contributed by atoms with E-state index in [0.29, 0.717) is 30.7 Å². The SMILES string of the molecule is CC(C)CCC[C@@H](C)[C@H]1CCC2C3CC=C4C[C@@H](OC(=O)[C@H](CCCCN)N(CC(=O)OC(C)(C)C)CC(=O)OC(C)(C)C)CC[C@]4(C)C3CC[C@@]21C. The van der Waals surface area contributed by atoms with Crippen molar-refractivity contribution >= 4 is 17.9 Å². The van der Waals surface area contributed by atoms with Gasteiger partial charge in [0, 0.05) is 6.42 Å². The highest BCUT2D eigenvalue weighted by atomic mass is 16.6. The summed E-state index contributed by atoms with van der Waals surface area (Å²) in [6.07, 6.45) is 17.4. The summed E-state index contributed by atoms with van der Waals surface area (Å²) in [5.41, 5.74) is 6.51. The van der Waals surface area contributed by atoms with E-state index in [0.717, 1.165) is 61.7 Å². The van der Waals surface area contributed by atoms with E-state index in [1.807, 2.05) is 41.5 Å². The third-order valence-electron chi connectivity index (χ3n) is 13.7. The van der Waals surface area contributed by atoms with Crippen LogP contribution in [-0.4, -0.2) is 65.8 Å². The summed E-state index contributed by atoms with van der Waals surface area (Å²) in [5.74, 6) is 3.31. The van der Waals surface area contributed by atoms with Crippen molar-refractivity contribution in [1.82, 2.24) is 4.90 Å². The molecule has 8 nitrogen and oxygen atoms in total. The molecule has 0 bridgehead atoms. The quantitative estimate of drug-likeness (QED) is 0.0722. The molecule has 9 atom stereocenters. The summed E-state index contributed by atoms with van der Waals surface area (Å²) in [7, 11) is 0. The molecule has 0 radical (unpaired) electrons. The lowest BCUT2D eigenvalue weighted by Crippen LogP contribution is -2.52. The van der Waals surface area contributed by atoms with E-state index in [2.05, 4.69) is 40.7 Å². The Morgan fingerprint density at radius 1 is 0.830 bits per heavy atom. The minimum atomic E-state index is -0.793. The van der Waals surface area contributed by atoms with Gasteiger partial charge >= 0.3 is 17.9 Å². The fourth-order valence-electron chi connectivity index (χ4n) is 11.3. The molecule has 0 spiro atoms. The Morgan fingerprint density at radius 3 is 2.06 bits per heavy atom. The van der Waals surface area contributed by atoms with Crippen LogP contribution in [0.2, 0.25) is 0 Å². The summed E-state index contributed by atoms with van der Waals surface area (Å²) in [5, 5.41) is 0. The Hall–Kier alpha value is -1.93. The van der Waals surface area contributed by atoms with Crippen LogP contribution >= 0.6 is 0 Å². The van der Waals surface area contributed by atoms with Crippen LogP contribution in [0.25, 0.3) is 0 Å². The molecule has 3 saturated carbocycles. The highest BCUT2D eigenvalue weighted by molar-refractivity contribution is 5.80. The van der Waals surface area contributed by atoms with Crippen molar-refractivity contribution in [1.29, 1.82) is 0 Å². The molecule has 0 heterocycles. The topological polar surface area (TPSA) is 108 Å². The minimum Gasteiger partial charge on any atom is -0.461 e. The number of fused-ring (bicyclic) bond motifs is 5. The van der Waals surface area contributed by atoms with Gasteiger partial charge in [0.05, 0.1) is 13.1 Å². The molecule has 4 aliphatic carbocycles. The molecule has 3 unspecified atom stereocenters. The monoisotopic (exact) mass is 743 g/mol. The second kappa shape index (κ2) is 17.9.